The summed E-state index contributed by atoms with van der Waals surface area (Å²) in [4.78, 5) is 2.27. The lowest BCUT2D eigenvalue weighted by Crippen LogP contribution is -2.49. The first kappa shape index (κ1) is 14.5. The fourth-order valence-electron chi connectivity index (χ4n) is 1.93. The van der Waals surface area contributed by atoms with Crippen molar-refractivity contribution in [2.75, 3.05) is 27.2 Å². The summed E-state index contributed by atoms with van der Waals surface area (Å²) in [7, 11) is 4.29. The molecule has 0 unspecified atom stereocenters. The quantitative estimate of drug-likeness (QED) is 0.648. The first-order valence-electron chi connectivity index (χ1n) is 5.66. The van der Waals surface area contributed by atoms with E-state index in [4.69, 9.17) is 0 Å². The smallest absolute Gasteiger partial charge is 0.366 e. The molecule has 0 heterocycles. The van der Waals surface area contributed by atoms with Crippen molar-refractivity contribution in [3.63, 3.8) is 0 Å². The molecule has 0 spiro atoms. The van der Waals surface area contributed by atoms with Crippen molar-refractivity contribution in [3.05, 3.63) is 0 Å². The monoisotopic (exact) mass is 214 g/mol. The van der Waals surface area contributed by atoms with Crippen LogP contribution >= 0.6 is 0 Å². The standard InChI is InChI=1S/C9H21N2.2CH3.Al/c1-9(2,3)10-7-6-8-11(4)5;;;/h6-8H2,1-5H3;2*1H3;/q-1;;;+1. The Balaban J connectivity index is 4.00. The summed E-state index contributed by atoms with van der Waals surface area (Å²) in [5.41, 5.74) is 0.354. The van der Waals surface area contributed by atoms with Gasteiger partial charge in [0.25, 0.3) is 0 Å². The van der Waals surface area contributed by atoms with Gasteiger partial charge in [-0.2, -0.15) is 0 Å². The molecule has 0 amide bonds. The molecule has 2 nitrogen and oxygen atoms in total. The Hall–Kier alpha value is 0.452. The first-order valence-corrected chi connectivity index (χ1v) is 8.49. The minimum atomic E-state index is -0.659. The van der Waals surface area contributed by atoms with E-state index < -0.39 is 14.4 Å². The number of rotatable bonds is 5. The van der Waals surface area contributed by atoms with Crippen molar-refractivity contribution in [2.24, 2.45) is 0 Å². The van der Waals surface area contributed by atoms with Gasteiger partial charge in [0.2, 0.25) is 0 Å². The highest BCUT2D eigenvalue weighted by atomic mass is 27.2. The van der Waals surface area contributed by atoms with Gasteiger partial charge in [0, 0.05) is 0 Å². The lowest BCUT2D eigenvalue weighted by molar-refractivity contribution is 0.236. The average molecular weight is 214 g/mol. The van der Waals surface area contributed by atoms with Crippen LogP contribution in [0.15, 0.2) is 0 Å². The molecule has 0 fully saturated rings. The van der Waals surface area contributed by atoms with Crippen LogP contribution < -0.4 is 0 Å². The third-order valence-corrected chi connectivity index (χ3v) is 4.77. The zero-order valence-corrected chi connectivity index (χ0v) is 12.2. The van der Waals surface area contributed by atoms with Crippen LogP contribution in [-0.4, -0.2) is 55.9 Å². The van der Waals surface area contributed by atoms with Crippen LogP contribution in [0, 0.1) is 0 Å². The molecular formula is C11H27AlN2. The maximum atomic E-state index is 2.70. The number of nitrogens with zero attached hydrogens (tertiary/aromatic N) is 2. The first-order chi connectivity index (χ1) is 6.25. The van der Waals surface area contributed by atoms with E-state index >= 15 is 0 Å². The van der Waals surface area contributed by atoms with Gasteiger partial charge in [0.1, 0.15) is 0 Å². The van der Waals surface area contributed by atoms with Crippen molar-refractivity contribution in [3.8, 4) is 0 Å². The van der Waals surface area contributed by atoms with E-state index in [2.05, 4.69) is 55.2 Å². The second-order valence-corrected chi connectivity index (χ2v) is 8.43. The van der Waals surface area contributed by atoms with E-state index in [9.17, 15) is 0 Å². The van der Waals surface area contributed by atoms with Gasteiger partial charge in [-0.05, 0) is 59.9 Å². The van der Waals surface area contributed by atoms with Gasteiger partial charge in [0.15, 0.2) is 0 Å². The van der Waals surface area contributed by atoms with Crippen molar-refractivity contribution in [1.82, 2.24) is 8.78 Å². The van der Waals surface area contributed by atoms with Crippen LogP contribution in [0.25, 0.3) is 0 Å². The molecule has 0 rings (SSSR count). The molecule has 14 heavy (non-hydrogen) atoms. The molecule has 0 saturated carbocycles. The van der Waals surface area contributed by atoms with Crippen molar-refractivity contribution >= 4 is 14.4 Å². The second kappa shape index (κ2) is 6.13. The maximum Gasteiger partial charge on any atom is 0.366 e. The molecule has 0 aliphatic rings. The van der Waals surface area contributed by atoms with Crippen molar-refractivity contribution in [2.45, 2.75) is 44.3 Å². The van der Waals surface area contributed by atoms with E-state index in [1.807, 2.05) is 0 Å². The SMILES string of the molecule is CN(C)CCC[N]([Al]([CH3])[CH3])C(C)(C)C. The highest BCUT2D eigenvalue weighted by molar-refractivity contribution is 6.52. The van der Waals surface area contributed by atoms with Crippen LogP contribution in [0.3, 0.4) is 0 Å². The summed E-state index contributed by atoms with van der Waals surface area (Å²) in [5, 5.41) is 0. The zero-order chi connectivity index (χ0) is 11.4. The van der Waals surface area contributed by atoms with Crippen LogP contribution in [0.5, 0.6) is 0 Å². The Morgan fingerprint density at radius 3 is 1.79 bits per heavy atom. The molecule has 0 atom stereocenters. The summed E-state index contributed by atoms with van der Waals surface area (Å²) in [6, 6.07) is 0. The van der Waals surface area contributed by atoms with Crippen molar-refractivity contribution < 1.29 is 0 Å². The van der Waals surface area contributed by atoms with E-state index in [1.54, 1.807) is 0 Å². The number of hydrogen-bond acceptors (Lipinski definition) is 2. The lowest BCUT2D eigenvalue weighted by atomic mass is 10.1. The van der Waals surface area contributed by atoms with Crippen LogP contribution in [-0.2, 0) is 0 Å². The Morgan fingerprint density at radius 1 is 1.00 bits per heavy atom. The summed E-state index contributed by atoms with van der Waals surface area (Å²) < 4.78 is 2.70. The second-order valence-electron chi connectivity index (χ2n) is 5.61. The highest BCUT2D eigenvalue weighted by Crippen LogP contribution is 2.15. The maximum absolute atomic E-state index is 2.70. The Labute approximate surface area is 94.9 Å². The minimum absolute atomic E-state index is 0.354. The largest absolute Gasteiger partial charge is 0.380 e. The topological polar surface area (TPSA) is 6.48 Å². The third-order valence-electron chi connectivity index (χ3n) is 2.49. The Kier molecular flexibility index (Phi) is 6.32. The minimum Gasteiger partial charge on any atom is -0.380 e. The van der Waals surface area contributed by atoms with Gasteiger partial charge in [-0.15, -0.1) is 0 Å². The molecule has 84 valence electrons. The van der Waals surface area contributed by atoms with Gasteiger partial charge >= 0.3 is 14.4 Å². The molecule has 0 aromatic carbocycles. The van der Waals surface area contributed by atoms with E-state index in [0.29, 0.717) is 5.54 Å². The van der Waals surface area contributed by atoms with Crippen LogP contribution in [0.4, 0.5) is 0 Å². The predicted octanol–water partition coefficient (Wildman–Crippen LogP) is 2.29. The van der Waals surface area contributed by atoms with Gasteiger partial charge in [-0.1, -0.05) is 11.6 Å². The molecular weight excluding hydrogens is 187 g/mol. The summed E-state index contributed by atoms with van der Waals surface area (Å²) in [6.07, 6.45) is 1.29. The molecule has 0 aliphatic carbocycles. The summed E-state index contributed by atoms with van der Waals surface area (Å²) in [6.45, 7) is 9.44. The molecule has 0 bridgehead atoms. The van der Waals surface area contributed by atoms with Crippen molar-refractivity contribution in [1.29, 1.82) is 0 Å². The Bertz CT molecular complexity index is 150. The molecule has 0 saturated heterocycles. The Morgan fingerprint density at radius 2 is 1.50 bits per heavy atom. The van der Waals surface area contributed by atoms with Gasteiger partial charge in [-0.3, -0.25) is 0 Å². The summed E-state index contributed by atoms with van der Waals surface area (Å²) in [5.74, 6) is 4.84. The van der Waals surface area contributed by atoms with Crippen LogP contribution in [0.1, 0.15) is 27.2 Å². The fraction of sp³-hybridized carbons (Fsp3) is 1.00. The third kappa shape index (κ3) is 6.03. The predicted molar refractivity (Wildman–Crippen MR) is 67.1 cm³/mol. The van der Waals surface area contributed by atoms with E-state index in [1.165, 1.54) is 19.5 Å². The molecule has 0 aromatic rings. The van der Waals surface area contributed by atoms with E-state index in [0.717, 1.165) is 0 Å². The molecule has 3 heteroatoms. The average Bonchev–Trinajstić information content (AvgIpc) is 1.94. The summed E-state index contributed by atoms with van der Waals surface area (Å²) >= 11 is -0.659. The molecule has 0 N–H and O–H groups in total. The normalized spacial score (nSPS) is 12.6. The molecule has 0 aliphatic heterocycles. The number of hydrogen-bond donors (Lipinski definition) is 0. The fourth-order valence-corrected chi connectivity index (χ4v) is 4.17. The van der Waals surface area contributed by atoms with Gasteiger partial charge in [-0.25, -0.2) is 0 Å². The lowest BCUT2D eigenvalue weighted by Gasteiger charge is -2.38. The molecule has 0 aromatic heterocycles. The van der Waals surface area contributed by atoms with E-state index in [-0.39, 0.29) is 0 Å². The van der Waals surface area contributed by atoms with Crippen LogP contribution in [0.2, 0.25) is 11.6 Å². The van der Waals surface area contributed by atoms with Gasteiger partial charge < -0.3 is 8.78 Å². The van der Waals surface area contributed by atoms with Gasteiger partial charge in [0.05, 0.1) is 0 Å². The highest BCUT2D eigenvalue weighted by Gasteiger charge is 2.25. The molecule has 0 radical (unpaired) electrons. The zero-order valence-electron chi connectivity index (χ0n) is 11.1.